The fourth-order valence-electron chi connectivity index (χ4n) is 2.02. The van der Waals surface area contributed by atoms with Crippen LogP contribution in [0.3, 0.4) is 0 Å². The molecule has 1 aliphatic rings. The Balaban J connectivity index is 0.000000853. The first-order valence-electron chi connectivity index (χ1n) is 5.01. The molecule has 2 aromatic rings. The van der Waals surface area contributed by atoms with Gasteiger partial charge in [-0.1, -0.05) is 6.42 Å². The third-order valence-electron chi connectivity index (χ3n) is 3.07. The van der Waals surface area contributed by atoms with E-state index in [1.54, 1.807) is 12.1 Å². The maximum absolute atomic E-state index is 9.30. The number of nitrogens with one attached hydrogen (secondary N) is 1. The minimum absolute atomic E-state index is 0. The molecule has 80 valence electrons. The van der Waals surface area contributed by atoms with Crippen molar-refractivity contribution >= 4 is 23.3 Å². The summed E-state index contributed by atoms with van der Waals surface area (Å²) in [5, 5.41) is 17.8. The van der Waals surface area contributed by atoms with Gasteiger partial charge >= 0.3 is 0 Å². The Morgan fingerprint density at radius 2 is 2.13 bits per heavy atom. The van der Waals surface area contributed by atoms with Gasteiger partial charge in [-0.2, -0.15) is 5.10 Å². The standard InChI is InChI=1S/C11H12N2O.ClH/c14-8-4-5-9-10(6-8)12-13-11(9)7-2-1-3-7;/h4-7,14H,1-3H2,(H,12,13);1H. The largest absolute Gasteiger partial charge is 0.508 e. The number of aromatic nitrogens is 2. The minimum atomic E-state index is 0. The number of rotatable bonds is 1. The molecule has 15 heavy (non-hydrogen) atoms. The molecule has 0 unspecified atom stereocenters. The topological polar surface area (TPSA) is 48.9 Å². The van der Waals surface area contributed by atoms with Crippen LogP contribution in [-0.4, -0.2) is 15.3 Å². The van der Waals surface area contributed by atoms with E-state index in [2.05, 4.69) is 10.2 Å². The molecule has 0 bridgehead atoms. The zero-order valence-electron chi connectivity index (χ0n) is 8.23. The molecule has 0 atom stereocenters. The summed E-state index contributed by atoms with van der Waals surface area (Å²) in [7, 11) is 0. The quantitative estimate of drug-likeness (QED) is 0.783. The lowest BCUT2D eigenvalue weighted by atomic mass is 9.82. The molecule has 2 N–H and O–H groups in total. The van der Waals surface area contributed by atoms with Gasteiger partial charge in [0.25, 0.3) is 0 Å². The van der Waals surface area contributed by atoms with Crippen LogP contribution < -0.4 is 0 Å². The van der Waals surface area contributed by atoms with E-state index in [-0.39, 0.29) is 12.4 Å². The number of hydrogen-bond acceptors (Lipinski definition) is 2. The number of hydrogen-bond donors (Lipinski definition) is 2. The average molecular weight is 225 g/mol. The highest BCUT2D eigenvalue weighted by molar-refractivity contribution is 5.85. The zero-order chi connectivity index (χ0) is 9.54. The number of aromatic hydroxyl groups is 1. The second-order valence-corrected chi connectivity index (χ2v) is 3.97. The van der Waals surface area contributed by atoms with Crippen molar-refractivity contribution in [2.24, 2.45) is 0 Å². The fourth-order valence-corrected chi connectivity index (χ4v) is 2.02. The molecule has 0 amide bonds. The molecule has 1 saturated carbocycles. The van der Waals surface area contributed by atoms with Crippen molar-refractivity contribution in [3.63, 3.8) is 0 Å². The number of nitrogens with zero attached hydrogens (tertiary/aromatic N) is 1. The molecule has 3 nitrogen and oxygen atoms in total. The molecule has 0 aliphatic heterocycles. The third kappa shape index (κ3) is 1.57. The number of halogens is 1. The highest BCUT2D eigenvalue weighted by atomic mass is 35.5. The first-order chi connectivity index (χ1) is 6.84. The number of phenolic OH excluding ortho intramolecular Hbond substituents is 1. The molecule has 1 aromatic carbocycles. The van der Waals surface area contributed by atoms with Gasteiger partial charge in [0.2, 0.25) is 0 Å². The molecule has 0 saturated heterocycles. The number of phenols is 1. The molecule has 1 aromatic heterocycles. The normalized spacial score (nSPS) is 16.0. The molecule has 3 rings (SSSR count). The van der Waals surface area contributed by atoms with E-state index >= 15 is 0 Å². The van der Waals surface area contributed by atoms with Crippen molar-refractivity contribution in [2.45, 2.75) is 25.2 Å². The van der Waals surface area contributed by atoms with Gasteiger partial charge in [0, 0.05) is 17.4 Å². The monoisotopic (exact) mass is 224 g/mol. The summed E-state index contributed by atoms with van der Waals surface area (Å²) < 4.78 is 0. The van der Waals surface area contributed by atoms with E-state index < -0.39 is 0 Å². The van der Waals surface area contributed by atoms with E-state index in [0.717, 1.165) is 10.9 Å². The summed E-state index contributed by atoms with van der Waals surface area (Å²) in [6.45, 7) is 0. The summed E-state index contributed by atoms with van der Waals surface area (Å²) in [5.74, 6) is 0.926. The van der Waals surface area contributed by atoms with Crippen molar-refractivity contribution in [1.29, 1.82) is 0 Å². The van der Waals surface area contributed by atoms with Gasteiger partial charge in [-0.15, -0.1) is 12.4 Å². The Labute approximate surface area is 93.9 Å². The summed E-state index contributed by atoms with van der Waals surface area (Å²) in [6.07, 6.45) is 3.82. The summed E-state index contributed by atoms with van der Waals surface area (Å²) in [5.41, 5.74) is 2.11. The predicted octanol–water partition coefficient (Wildman–Crippen LogP) is 2.96. The van der Waals surface area contributed by atoms with Crippen molar-refractivity contribution in [2.75, 3.05) is 0 Å². The highest BCUT2D eigenvalue weighted by Gasteiger charge is 2.23. The lowest BCUT2D eigenvalue weighted by Crippen LogP contribution is -2.09. The Bertz CT molecular complexity index is 476. The van der Waals surface area contributed by atoms with Crippen LogP contribution in [0, 0.1) is 0 Å². The molecule has 1 heterocycles. The van der Waals surface area contributed by atoms with Gasteiger partial charge < -0.3 is 5.11 Å². The lowest BCUT2D eigenvalue weighted by molar-refractivity contribution is 0.413. The SMILES string of the molecule is Cl.Oc1ccc2c(C3CCC3)n[nH]c2c1. The van der Waals surface area contributed by atoms with Crippen LogP contribution in [0.1, 0.15) is 30.9 Å². The second-order valence-electron chi connectivity index (χ2n) is 3.97. The first kappa shape index (κ1) is 10.3. The number of aromatic amines is 1. The van der Waals surface area contributed by atoms with Crippen LogP contribution in [-0.2, 0) is 0 Å². The number of H-pyrrole nitrogens is 1. The zero-order valence-corrected chi connectivity index (χ0v) is 9.05. The van der Waals surface area contributed by atoms with E-state index in [9.17, 15) is 5.11 Å². The lowest BCUT2D eigenvalue weighted by Gasteiger charge is -2.23. The van der Waals surface area contributed by atoms with Gasteiger partial charge in [-0.25, -0.2) is 0 Å². The molecule has 1 aliphatic carbocycles. The average Bonchev–Trinajstić information content (AvgIpc) is 2.45. The molecular formula is C11H13ClN2O. The Morgan fingerprint density at radius 1 is 1.33 bits per heavy atom. The molecular weight excluding hydrogens is 212 g/mol. The number of fused-ring (bicyclic) bond motifs is 1. The highest BCUT2D eigenvalue weighted by Crippen LogP contribution is 2.38. The van der Waals surface area contributed by atoms with Gasteiger partial charge in [0.15, 0.2) is 0 Å². The van der Waals surface area contributed by atoms with E-state index in [0.29, 0.717) is 11.7 Å². The third-order valence-corrected chi connectivity index (χ3v) is 3.07. The van der Waals surface area contributed by atoms with E-state index in [1.165, 1.54) is 25.0 Å². The van der Waals surface area contributed by atoms with E-state index in [1.807, 2.05) is 6.07 Å². The van der Waals surface area contributed by atoms with Crippen molar-refractivity contribution in [3.05, 3.63) is 23.9 Å². The van der Waals surface area contributed by atoms with Gasteiger partial charge in [-0.05, 0) is 25.0 Å². The van der Waals surface area contributed by atoms with Crippen molar-refractivity contribution in [3.8, 4) is 5.75 Å². The van der Waals surface area contributed by atoms with Crippen LogP contribution in [0.2, 0.25) is 0 Å². The van der Waals surface area contributed by atoms with Gasteiger partial charge in [0.1, 0.15) is 5.75 Å². The fraction of sp³-hybridized carbons (Fsp3) is 0.364. The molecule has 0 radical (unpaired) electrons. The Kier molecular flexibility index (Phi) is 2.57. The van der Waals surface area contributed by atoms with Crippen LogP contribution in [0.4, 0.5) is 0 Å². The van der Waals surface area contributed by atoms with E-state index in [4.69, 9.17) is 0 Å². The smallest absolute Gasteiger partial charge is 0.117 e. The van der Waals surface area contributed by atoms with Gasteiger partial charge in [-0.3, -0.25) is 5.10 Å². The summed E-state index contributed by atoms with van der Waals surface area (Å²) >= 11 is 0. The van der Waals surface area contributed by atoms with Crippen molar-refractivity contribution in [1.82, 2.24) is 10.2 Å². The maximum Gasteiger partial charge on any atom is 0.117 e. The molecule has 1 fully saturated rings. The van der Waals surface area contributed by atoms with Crippen LogP contribution in [0.25, 0.3) is 10.9 Å². The first-order valence-corrected chi connectivity index (χ1v) is 5.01. The van der Waals surface area contributed by atoms with Crippen LogP contribution in [0.15, 0.2) is 18.2 Å². The van der Waals surface area contributed by atoms with Crippen molar-refractivity contribution < 1.29 is 5.11 Å². The number of benzene rings is 1. The Morgan fingerprint density at radius 3 is 2.80 bits per heavy atom. The van der Waals surface area contributed by atoms with Gasteiger partial charge in [0.05, 0.1) is 11.2 Å². The van der Waals surface area contributed by atoms with Crippen LogP contribution >= 0.6 is 12.4 Å². The molecule has 0 spiro atoms. The predicted molar refractivity (Wildman–Crippen MR) is 61.6 cm³/mol. The Hall–Kier alpha value is -1.22. The minimum Gasteiger partial charge on any atom is -0.508 e. The summed E-state index contributed by atoms with van der Waals surface area (Å²) in [4.78, 5) is 0. The summed E-state index contributed by atoms with van der Waals surface area (Å²) in [6, 6.07) is 5.40. The van der Waals surface area contributed by atoms with Crippen LogP contribution in [0.5, 0.6) is 5.75 Å². The second kappa shape index (κ2) is 3.74. The molecule has 4 heteroatoms. The maximum atomic E-state index is 9.30.